The van der Waals surface area contributed by atoms with E-state index in [2.05, 4.69) is 35.0 Å². The first-order chi connectivity index (χ1) is 8.40. The minimum atomic E-state index is 0.714. The van der Waals surface area contributed by atoms with Gasteiger partial charge < -0.3 is 10.3 Å². The zero-order valence-electron chi connectivity index (χ0n) is 10.2. The van der Waals surface area contributed by atoms with E-state index in [9.17, 15) is 0 Å². The second-order valence-corrected chi connectivity index (χ2v) is 5.06. The van der Waals surface area contributed by atoms with Gasteiger partial charge in [-0.2, -0.15) is 0 Å². The molecule has 2 heteroatoms. The zero-order valence-corrected chi connectivity index (χ0v) is 10.2. The predicted octanol–water partition coefficient (Wildman–Crippen LogP) is 3.26. The molecule has 2 nitrogen and oxygen atoms in total. The van der Waals surface area contributed by atoms with Crippen molar-refractivity contribution in [1.29, 1.82) is 0 Å². The lowest BCUT2D eigenvalue weighted by Gasteiger charge is -2.12. The molecule has 0 spiro atoms. The van der Waals surface area contributed by atoms with Crippen molar-refractivity contribution in [2.45, 2.75) is 38.1 Å². The van der Waals surface area contributed by atoms with Crippen molar-refractivity contribution in [3.63, 3.8) is 0 Å². The van der Waals surface area contributed by atoms with Gasteiger partial charge in [-0.3, -0.25) is 0 Å². The van der Waals surface area contributed by atoms with Gasteiger partial charge in [0.25, 0.3) is 0 Å². The van der Waals surface area contributed by atoms with E-state index in [0.29, 0.717) is 6.04 Å². The number of rotatable bonds is 3. The number of aromatic nitrogens is 1. The van der Waals surface area contributed by atoms with Gasteiger partial charge in [-0.1, -0.05) is 31.0 Å². The molecule has 2 N–H and O–H groups in total. The average molecular weight is 228 g/mol. The molecule has 1 aliphatic rings. The molecule has 1 saturated carbocycles. The molecule has 90 valence electrons. The molecule has 1 fully saturated rings. The van der Waals surface area contributed by atoms with Crippen molar-refractivity contribution < 1.29 is 0 Å². The van der Waals surface area contributed by atoms with E-state index in [1.807, 2.05) is 0 Å². The van der Waals surface area contributed by atoms with E-state index in [-0.39, 0.29) is 0 Å². The molecule has 1 heterocycles. The minimum absolute atomic E-state index is 0.714. The van der Waals surface area contributed by atoms with Crippen LogP contribution < -0.4 is 5.73 Å². The smallest absolute Gasteiger partial charge is 0.0485 e. The normalized spacial score (nSPS) is 17.0. The van der Waals surface area contributed by atoms with Gasteiger partial charge in [-0.25, -0.2) is 0 Å². The molecule has 17 heavy (non-hydrogen) atoms. The summed E-state index contributed by atoms with van der Waals surface area (Å²) in [6, 6.07) is 9.45. The van der Waals surface area contributed by atoms with E-state index < -0.39 is 0 Å². The highest BCUT2D eigenvalue weighted by molar-refractivity contribution is 5.84. The van der Waals surface area contributed by atoms with Crippen molar-refractivity contribution >= 4 is 10.9 Å². The zero-order chi connectivity index (χ0) is 11.7. The van der Waals surface area contributed by atoms with Crippen molar-refractivity contribution in [3.8, 4) is 0 Å². The maximum absolute atomic E-state index is 5.71. The van der Waals surface area contributed by atoms with Crippen LogP contribution in [-0.4, -0.2) is 11.1 Å². The third kappa shape index (κ3) is 1.87. The molecular weight excluding hydrogens is 208 g/mol. The standard InChI is InChI=1S/C15H20N2/c16-10-9-12-11-17(13-5-1-2-6-13)15-8-4-3-7-14(12)15/h3-4,7-8,11,13H,1-2,5-6,9-10,16H2. The summed E-state index contributed by atoms with van der Waals surface area (Å²) in [7, 11) is 0. The molecule has 0 bridgehead atoms. The Kier molecular flexibility index (Phi) is 2.89. The maximum atomic E-state index is 5.71. The van der Waals surface area contributed by atoms with E-state index in [1.165, 1.54) is 42.1 Å². The lowest BCUT2D eigenvalue weighted by Crippen LogP contribution is -2.04. The Morgan fingerprint density at radius 1 is 1.18 bits per heavy atom. The topological polar surface area (TPSA) is 30.9 Å². The molecule has 1 aromatic carbocycles. The Hall–Kier alpha value is -1.28. The van der Waals surface area contributed by atoms with Gasteiger partial charge in [-0.15, -0.1) is 0 Å². The Morgan fingerprint density at radius 2 is 1.94 bits per heavy atom. The van der Waals surface area contributed by atoms with Gasteiger partial charge >= 0.3 is 0 Å². The maximum Gasteiger partial charge on any atom is 0.0485 e. The van der Waals surface area contributed by atoms with Gasteiger partial charge in [0.2, 0.25) is 0 Å². The first-order valence-electron chi connectivity index (χ1n) is 6.68. The number of nitrogens with two attached hydrogens (primary N) is 1. The molecule has 0 radical (unpaired) electrons. The van der Waals surface area contributed by atoms with E-state index in [0.717, 1.165) is 13.0 Å². The van der Waals surface area contributed by atoms with Crippen LogP contribution >= 0.6 is 0 Å². The summed E-state index contributed by atoms with van der Waals surface area (Å²) in [5.74, 6) is 0. The van der Waals surface area contributed by atoms with Crippen molar-refractivity contribution in [2.24, 2.45) is 5.73 Å². The minimum Gasteiger partial charge on any atom is -0.344 e. The second-order valence-electron chi connectivity index (χ2n) is 5.06. The van der Waals surface area contributed by atoms with E-state index in [1.54, 1.807) is 0 Å². The third-order valence-corrected chi connectivity index (χ3v) is 3.95. The Balaban J connectivity index is 2.10. The number of benzene rings is 1. The number of nitrogens with zero attached hydrogens (tertiary/aromatic N) is 1. The number of hydrogen-bond donors (Lipinski definition) is 1. The molecule has 1 aliphatic carbocycles. The summed E-state index contributed by atoms with van der Waals surface area (Å²) in [5.41, 5.74) is 8.51. The van der Waals surface area contributed by atoms with Gasteiger partial charge in [0.1, 0.15) is 0 Å². The fraction of sp³-hybridized carbons (Fsp3) is 0.467. The molecule has 0 saturated heterocycles. The van der Waals surface area contributed by atoms with Crippen LogP contribution in [-0.2, 0) is 6.42 Å². The van der Waals surface area contributed by atoms with E-state index >= 15 is 0 Å². The van der Waals surface area contributed by atoms with Crippen molar-refractivity contribution in [1.82, 2.24) is 4.57 Å². The molecule has 1 aromatic heterocycles. The summed E-state index contributed by atoms with van der Waals surface area (Å²) in [5, 5.41) is 1.39. The molecule has 2 aromatic rings. The highest BCUT2D eigenvalue weighted by atomic mass is 15.0. The fourth-order valence-electron chi connectivity index (χ4n) is 3.12. The van der Waals surface area contributed by atoms with E-state index in [4.69, 9.17) is 5.73 Å². The fourth-order valence-corrected chi connectivity index (χ4v) is 3.12. The molecule has 0 atom stereocenters. The van der Waals surface area contributed by atoms with Crippen LogP contribution in [0.1, 0.15) is 37.3 Å². The summed E-state index contributed by atoms with van der Waals surface area (Å²) < 4.78 is 2.49. The summed E-state index contributed by atoms with van der Waals surface area (Å²) in [4.78, 5) is 0. The van der Waals surface area contributed by atoms with Gasteiger partial charge in [0.05, 0.1) is 0 Å². The Bertz CT molecular complexity index is 507. The van der Waals surface area contributed by atoms with Gasteiger partial charge in [-0.05, 0) is 37.4 Å². The third-order valence-electron chi connectivity index (χ3n) is 3.95. The number of fused-ring (bicyclic) bond motifs is 1. The molecule has 3 rings (SSSR count). The number of para-hydroxylation sites is 1. The van der Waals surface area contributed by atoms with Crippen molar-refractivity contribution in [3.05, 3.63) is 36.0 Å². The largest absolute Gasteiger partial charge is 0.344 e. The average Bonchev–Trinajstić information content (AvgIpc) is 2.97. The molecule has 0 aliphatic heterocycles. The number of hydrogen-bond acceptors (Lipinski definition) is 1. The monoisotopic (exact) mass is 228 g/mol. The summed E-state index contributed by atoms with van der Waals surface area (Å²) in [6.07, 6.45) is 8.75. The van der Waals surface area contributed by atoms with Crippen molar-refractivity contribution in [2.75, 3.05) is 6.54 Å². The molecular formula is C15H20N2. The van der Waals surface area contributed by atoms with Crippen LogP contribution in [0.3, 0.4) is 0 Å². The highest BCUT2D eigenvalue weighted by Gasteiger charge is 2.19. The quantitative estimate of drug-likeness (QED) is 0.859. The summed E-state index contributed by atoms with van der Waals surface area (Å²) >= 11 is 0. The lowest BCUT2D eigenvalue weighted by atomic mass is 10.1. The van der Waals surface area contributed by atoms with Gasteiger partial charge in [0, 0.05) is 23.1 Å². The highest BCUT2D eigenvalue weighted by Crippen LogP contribution is 2.34. The van der Waals surface area contributed by atoms with Crippen LogP contribution in [0.15, 0.2) is 30.5 Å². The first kappa shape index (κ1) is 10.8. The second kappa shape index (κ2) is 4.53. The molecule has 0 amide bonds. The summed E-state index contributed by atoms with van der Waals surface area (Å²) in [6.45, 7) is 0.735. The van der Waals surface area contributed by atoms with Crippen LogP contribution in [0.5, 0.6) is 0 Å². The molecule has 0 unspecified atom stereocenters. The van der Waals surface area contributed by atoms with Crippen LogP contribution in [0, 0.1) is 0 Å². The van der Waals surface area contributed by atoms with Crippen LogP contribution in [0.25, 0.3) is 10.9 Å². The lowest BCUT2D eigenvalue weighted by molar-refractivity contribution is 0.534. The Labute approximate surface area is 102 Å². The van der Waals surface area contributed by atoms with Gasteiger partial charge in [0.15, 0.2) is 0 Å². The first-order valence-corrected chi connectivity index (χ1v) is 6.68. The SMILES string of the molecule is NCCc1cn(C2CCCC2)c2ccccc12. The Morgan fingerprint density at radius 3 is 2.71 bits per heavy atom. The van der Waals surface area contributed by atoms with Crippen LogP contribution in [0.2, 0.25) is 0 Å². The van der Waals surface area contributed by atoms with Crippen LogP contribution in [0.4, 0.5) is 0 Å². The predicted molar refractivity (Wildman–Crippen MR) is 72.2 cm³/mol.